The van der Waals surface area contributed by atoms with Gasteiger partial charge in [0.2, 0.25) is 5.91 Å². The Hall–Kier alpha value is -2.10. The monoisotopic (exact) mass is 245 g/mol. The maximum absolute atomic E-state index is 11.8. The van der Waals surface area contributed by atoms with Gasteiger partial charge in [0.05, 0.1) is 5.92 Å². The maximum atomic E-state index is 11.8. The predicted octanol–water partition coefficient (Wildman–Crippen LogP) is 1.77. The molecule has 18 heavy (non-hydrogen) atoms. The van der Waals surface area contributed by atoms with Crippen LogP contribution in [0.15, 0.2) is 36.4 Å². The van der Waals surface area contributed by atoms with E-state index in [2.05, 4.69) is 0 Å². The fourth-order valence-corrected chi connectivity index (χ4v) is 2.23. The van der Waals surface area contributed by atoms with Gasteiger partial charge in [-0.15, -0.1) is 0 Å². The molecule has 1 aliphatic rings. The molecule has 1 atom stereocenters. The molecule has 1 aromatic carbocycles. The molecule has 2 rings (SSSR count). The maximum Gasteiger partial charge on any atom is 0.312 e. The Kier molecular flexibility index (Phi) is 3.46. The van der Waals surface area contributed by atoms with E-state index in [9.17, 15) is 14.7 Å². The van der Waals surface area contributed by atoms with E-state index in [4.69, 9.17) is 0 Å². The summed E-state index contributed by atoms with van der Waals surface area (Å²) < 4.78 is 0. The van der Waals surface area contributed by atoms with Crippen molar-refractivity contribution in [3.05, 3.63) is 47.5 Å². The van der Waals surface area contributed by atoms with Gasteiger partial charge >= 0.3 is 5.97 Å². The number of amides is 1. The first kappa shape index (κ1) is 12.4. The van der Waals surface area contributed by atoms with Gasteiger partial charge in [-0.2, -0.15) is 0 Å². The lowest BCUT2D eigenvalue weighted by atomic mass is 9.90. The SMILES string of the molecule is C/C=C/C(=O)N1Cc2ccccc2C(C(=O)O)C1. The van der Waals surface area contributed by atoms with E-state index in [1.807, 2.05) is 24.3 Å². The minimum absolute atomic E-state index is 0.141. The average Bonchev–Trinajstić information content (AvgIpc) is 2.37. The van der Waals surface area contributed by atoms with E-state index in [1.165, 1.54) is 6.08 Å². The van der Waals surface area contributed by atoms with Gasteiger partial charge in [-0.1, -0.05) is 30.3 Å². The molecule has 0 bridgehead atoms. The standard InChI is InChI=1S/C14H15NO3/c1-2-5-13(16)15-8-10-6-3-4-7-11(10)12(9-15)14(17)18/h2-7,12H,8-9H2,1H3,(H,17,18)/b5-2+. The van der Waals surface area contributed by atoms with E-state index in [-0.39, 0.29) is 12.5 Å². The highest BCUT2D eigenvalue weighted by atomic mass is 16.4. The summed E-state index contributed by atoms with van der Waals surface area (Å²) in [5, 5.41) is 9.26. The van der Waals surface area contributed by atoms with Gasteiger partial charge in [-0.3, -0.25) is 9.59 Å². The zero-order valence-electron chi connectivity index (χ0n) is 10.2. The molecule has 4 nitrogen and oxygen atoms in total. The van der Waals surface area contributed by atoms with E-state index >= 15 is 0 Å². The van der Waals surface area contributed by atoms with Crippen LogP contribution in [0.25, 0.3) is 0 Å². The topological polar surface area (TPSA) is 57.6 Å². The largest absolute Gasteiger partial charge is 0.481 e. The van der Waals surface area contributed by atoms with Gasteiger partial charge in [0, 0.05) is 13.1 Å². The lowest BCUT2D eigenvalue weighted by molar-refractivity contribution is -0.140. The van der Waals surface area contributed by atoms with Crippen molar-refractivity contribution in [2.24, 2.45) is 0 Å². The fraction of sp³-hybridized carbons (Fsp3) is 0.286. The van der Waals surface area contributed by atoms with E-state index in [0.29, 0.717) is 6.54 Å². The Morgan fingerprint density at radius 2 is 2.11 bits per heavy atom. The first-order chi connectivity index (χ1) is 8.63. The van der Waals surface area contributed by atoms with Crippen LogP contribution in [0.3, 0.4) is 0 Å². The first-order valence-electron chi connectivity index (χ1n) is 5.85. The molecule has 0 aromatic heterocycles. The van der Waals surface area contributed by atoms with Crippen LogP contribution in [0.2, 0.25) is 0 Å². The number of hydrogen-bond donors (Lipinski definition) is 1. The van der Waals surface area contributed by atoms with Gasteiger partial charge in [0.25, 0.3) is 0 Å². The van der Waals surface area contributed by atoms with Crippen LogP contribution >= 0.6 is 0 Å². The lowest BCUT2D eigenvalue weighted by Crippen LogP contribution is -2.39. The Morgan fingerprint density at radius 1 is 1.39 bits per heavy atom. The highest BCUT2D eigenvalue weighted by Crippen LogP contribution is 2.28. The Labute approximate surface area is 106 Å². The molecular formula is C14H15NO3. The number of carboxylic acids is 1. The predicted molar refractivity (Wildman–Crippen MR) is 67.0 cm³/mol. The van der Waals surface area contributed by atoms with Crippen molar-refractivity contribution in [3.8, 4) is 0 Å². The fourth-order valence-electron chi connectivity index (χ4n) is 2.23. The number of hydrogen-bond acceptors (Lipinski definition) is 2. The molecule has 0 saturated carbocycles. The highest BCUT2D eigenvalue weighted by Gasteiger charge is 2.31. The third-order valence-corrected chi connectivity index (χ3v) is 3.11. The van der Waals surface area contributed by atoms with Crippen molar-refractivity contribution in [1.29, 1.82) is 0 Å². The molecule has 1 aromatic rings. The summed E-state index contributed by atoms with van der Waals surface area (Å²) in [7, 11) is 0. The molecule has 4 heteroatoms. The van der Waals surface area contributed by atoms with E-state index < -0.39 is 11.9 Å². The molecule has 0 fully saturated rings. The van der Waals surface area contributed by atoms with Crippen molar-refractivity contribution in [3.63, 3.8) is 0 Å². The Balaban J connectivity index is 2.34. The van der Waals surface area contributed by atoms with Crippen LogP contribution in [0.1, 0.15) is 24.0 Å². The number of carboxylic acid groups (broad SMARTS) is 1. The number of aliphatic carboxylic acids is 1. The van der Waals surface area contributed by atoms with Crippen molar-refractivity contribution >= 4 is 11.9 Å². The number of carbonyl (C=O) groups is 2. The van der Waals surface area contributed by atoms with Crippen molar-refractivity contribution in [2.45, 2.75) is 19.4 Å². The molecule has 1 aliphatic heterocycles. The Bertz CT molecular complexity index is 508. The number of allylic oxidation sites excluding steroid dienone is 1. The molecule has 1 N–H and O–H groups in total. The van der Waals surface area contributed by atoms with Gasteiger partial charge in [-0.05, 0) is 24.1 Å². The smallest absolute Gasteiger partial charge is 0.312 e. The lowest BCUT2D eigenvalue weighted by Gasteiger charge is -2.32. The minimum Gasteiger partial charge on any atom is -0.481 e. The zero-order valence-corrected chi connectivity index (χ0v) is 10.2. The van der Waals surface area contributed by atoms with Crippen LogP contribution in [0.5, 0.6) is 0 Å². The van der Waals surface area contributed by atoms with Crippen molar-refractivity contribution in [2.75, 3.05) is 6.54 Å². The van der Waals surface area contributed by atoms with Gasteiger partial charge in [0.1, 0.15) is 0 Å². The number of fused-ring (bicyclic) bond motifs is 1. The summed E-state index contributed by atoms with van der Waals surface area (Å²) in [6, 6.07) is 7.39. The van der Waals surface area contributed by atoms with Crippen molar-refractivity contribution < 1.29 is 14.7 Å². The summed E-state index contributed by atoms with van der Waals surface area (Å²) in [5.41, 5.74) is 1.73. The van der Waals surface area contributed by atoms with E-state index in [0.717, 1.165) is 11.1 Å². The minimum atomic E-state index is -0.888. The second kappa shape index (κ2) is 5.04. The van der Waals surface area contributed by atoms with Crippen LogP contribution < -0.4 is 0 Å². The third kappa shape index (κ3) is 2.27. The summed E-state index contributed by atoms with van der Waals surface area (Å²) in [4.78, 5) is 24.7. The molecule has 0 saturated heterocycles. The third-order valence-electron chi connectivity index (χ3n) is 3.11. The number of nitrogens with zero attached hydrogens (tertiary/aromatic N) is 1. The average molecular weight is 245 g/mol. The molecular weight excluding hydrogens is 230 g/mol. The molecule has 0 aliphatic carbocycles. The first-order valence-corrected chi connectivity index (χ1v) is 5.85. The number of rotatable bonds is 2. The normalized spacial score (nSPS) is 18.7. The molecule has 0 radical (unpaired) electrons. The zero-order chi connectivity index (χ0) is 13.1. The number of benzene rings is 1. The van der Waals surface area contributed by atoms with Crippen LogP contribution in [0, 0.1) is 0 Å². The van der Waals surface area contributed by atoms with E-state index in [1.54, 1.807) is 17.9 Å². The second-order valence-corrected chi connectivity index (χ2v) is 4.31. The summed E-state index contributed by atoms with van der Waals surface area (Å²) in [5.74, 6) is -1.66. The summed E-state index contributed by atoms with van der Waals surface area (Å²) in [6.07, 6.45) is 3.13. The molecule has 1 heterocycles. The van der Waals surface area contributed by atoms with Crippen LogP contribution in [-0.4, -0.2) is 28.4 Å². The van der Waals surface area contributed by atoms with Gasteiger partial charge < -0.3 is 10.0 Å². The van der Waals surface area contributed by atoms with Gasteiger partial charge in [-0.25, -0.2) is 0 Å². The molecule has 0 spiro atoms. The highest BCUT2D eigenvalue weighted by molar-refractivity contribution is 5.89. The quantitative estimate of drug-likeness (QED) is 0.808. The van der Waals surface area contributed by atoms with Crippen LogP contribution in [-0.2, 0) is 16.1 Å². The van der Waals surface area contributed by atoms with Gasteiger partial charge in [0.15, 0.2) is 0 Å². The van der Waals surface area contributed by atoms with Crippen molar-refractivity contribution in [1.82, 2.24) is 4.90 Å². The summed E-state index contributed by atoms with van der Waals surface area (Å²) >= 11 is 0. The second-order valence-electron chi connectivity index (χ2n) is 4.31. The number of carbonyl (C=O) groups excluding carboxylic acids is 1. The van der Waals surface area contributed by atoms with Crippen LogP contribution in [0.4, 0.5) is 0 Å². The molecule has 1 unspecified atom stereocenters. The molecule has 1 amide bonds. The summed E-state index contributed by atoms with van der Waals surface area (Å²) in [6.45, 7) is 2.48. The Morgan fingerprint density at radius 3 is 2.78 bits per heavy atom. The molecule has 94 valence electrons.